The average molecular weight is 280 g/mol. The summed E-state index contributed by atoms with van der Waals surface area (Å²) in [5.41, 5.74) is -0.445. The van der Waals surface area contributed by atoms with Gasteiger partial charge in [-0.1, -0.05) is 47.0 Å². The highest BCUT2D eigenvalue weighted by Crippen LogP contribution is 2.33. The maximum Gasteiger partial charge on any atom is 0.248 e. The van der Waals surface area contributed by atoms with E-state index in [1.54, 1.807) is 4.90 Å². The maximum absolute atomic E-state index is 12.8. The van der Waals surface area contributed by atoms with Crippen LogP contribution in [0.5, 0.6) is 0 Å². The molecule has 2 rings (SSSR count). The van der Waals surface area contributed by atoms with Crippen LogP contribution in [0.1, 0.15) is 59.8 Å². The van der Waals surface area contributed by atoms with Gasteiger partial charge in [0.25, 0.3) is 0 Å². The lowest BCUT2D eigenvalue weighted by atomic mass is 9.78. The lowest BCUT2D eigenvalue weighted by molar-refractivity contribution is -0.152. The van der Waals surface area contributed by atoms with Crippen molar-refractivity contribution in [1.29, 1.82) is 0 Å². The maximum atomic E-state index is 12.8. The summed E-state index contributed by atoms with van der Waals surface area (Å²) in [5.74, 6) is 0.526. The first-order valence-electron chi connectivity index (χ1n) is 7.85. The van der Waals surface area contributed by atoms with E-state index in [2.05, 4.69) is 33.0 Å². The molecular weight excluding hydrogens is 252 g/mol. The molecule has 114 valence electrons. The van der Waals surface area contributed by atoms with Crippen molar-refractivity contribution in [3.05, 3.63) is 0 Å². The molecule has 1 saturated heterocycles. The van der Waals surface area contributed by atoms with E-state index in [1.807, 2.05) is 0 Å². The van der Waals surface area contributed by atoms with Crippen molar-refractivity contribution >= 4 is 11.8 Å². The molecule has 1 aliphatic carbocycles. The molecule has 4 nitrogen and oxygen atoms in total. The molecule has 1 heterocycles. The number of rotatable bonds is 2. The number of hydrogen-bond donors (Lipinski definition) is 1. The van der Waals surface area contributed by atoms with Crippen molar-refractivity contribution in [1.82, 2.24) is 10.2 Å². The molecule has 1 spiro atoms. The first-order valence-corrected chi connectivity index (χ1v) is 7.85. The highest BCUT2D eigenvalue weighted by Gasteiger charge is 2.47. The van der Waals surface area contributed by atoms with Crippen molar-refractivity contribution in [2.75, 3.05) is 13.1 Å². The van der Waals surface area contributed by atoms with Crippen molar-refractivity contribution in [3.8, 4) is 0 Å². The van der Waals surface area contributed by atoms with E-state index in [9.17, 15) is 9.59 Å². The summed E-state index contributed by atoms with van der Waals surface area (Å²) in [6.07, 6.45) is 4.85. The number of nitrogens with zero attached hydrogens (tertiary/aromatic N) is 1. The van der Waals surface area contributed by atoms with E-state index >= 15 is 0 Å². The van der Waals surface area contributed by atoms with Gasteiger partial charge < -0.3 is 10.2 Å². The number of nitrogens with one attached hydrogen (secondary N) is 1. The van der Waals surface area contributed by atoms with Crippen LogP contribution in [0.4, 0.5) is 0 Å². The van der Waals surface area contributed by atoms with Gasteiger partial charge in [-0.25, -0.2) is 0 Å². The normalized spacial score (nSPS) is 24.7. The van der Waals surface area contributed by atoms with Crippen molar-refractivity contribution in [2.45, 2.75) is 65.3 Å². The molecule has 2 aliphatic rings. The van der Waals surface area contributed by atoms with Crippen LogP contribution in [-0.2, 0) is 9.59 Å². The molecular formula is C16H28N2O2. The third-order valence-electron chi connectivity index (χ3n) is 5.09. The number of carbonyl (C=O) groups excluding carboxylic acids is 2. The highest BCUT2D eigenvalue weighted by atomic mass is 16.2. The molecule has 0 radical (unpaired) electrons. The van der Waals surface area contributed by atoms with E-state index in [0.29, 0.717) is 12.5 Å². The number of amides is 2. The van der Waals surface area contributed by atoms with E-state index < -0.39 is 5.54 Å². The van der Waals surface area contributed by atoms with Gasteiger partial charge in [-0.3, -0.25) is 9.59 Å². The van der Waals surface area contributed by atoms with Crippen molar-refractivity contribution in [2.24, 2.45) is 11.3 Å². The third kappa shape index (κ3) is 2.99. The molecule has 0 aromatic carbocycles. The Labute approximate surface area is 122 Å². The molecule has 2 amide bonds. The van der Waals surface area contributed by atoms with Gasteiger partial charge in [-0.05, 0) is 24.2 Å². The SMILES string of the molecule is CC(CN1CC(=O)NC2(CCCCC2)C1=O)C(C)(C)C. The molecule has 4 heteroatoms. The van der Waals surface area contributed by atoms with Crippen LogP contribution in [-0.4, -0.2) is 35.3 Å². The summed E-state index contributed by atoms with van der Waals surface area (Å²) in [4.78, 5) is 26.6. The van der Waals surface area contributed by atoms with Gasteiger partial charge in [0.1, 0.15) is 5.54 Å². The van der Waals surface area contributed by atoms with Crippen LogP contribution in [0.2, 0.25) is 0 Å². The van der Waals surface area contributed by atoms with E-state index in [-0.39, 0.29) is 23.8 Å². The van der Waals surface area contributed by atoms with Gasteiger partial charge in [0.15, 0.2) is 0 Å². The zero-order valence-electron chi connectivity index (χ0n) is 13.3. The van der Waals surface area contributed by atoms with Gasteiger partial charge in [-0.15, -0.1) is 0 Å². The highest BCUT2D eigenvalue weighted by molar-refractivity contribution is 5.98. The third-order valence-corrected chi connectivity index (χ3v) is 5.09. The van der Waals surface area contributed by atoms with E-state index in [1.165, 1.54) is 6.42 Å². The Kier molecular flexibility index (Phi) is 4.12. The van der Waals surface area contributed by atoms with Gasteiger partial charge in [-0.2, -0.15) is 0 Å². The summed E-state index contributed by atoms with van der Waals surface area (Å²) < 4.78 is 0. The molecule has 1 atom stereocenters. The quantitative estimate of drug-likeness (QED) is 0.844. The van der Waals surface area contributed by atoms with Crippen LogP contribution >= 0.6 is 0 Å². The Morgan fingerprint density at radius 2 is 1.80 bits per heavy atom. The fourth-order valence-electron chi connectivity index (χ4n) is 3.15. The summed E-state index contributed by atoms with van der Waals surface area (Å²) in [5, 5.41) is 2.99. The van der Waals surface area contributed by atoms with Gasteiger partial charge in [0.05, 0.1) is 6.54 Å². The van der Waals surface area contributed by atoms with E-state index in [4.69, 9.17) is 0 Å². The largest absolute Gasteiger partial charge is 0.340 e. The summed E-state index contributed by atoms with van der Waals surface area (Å²) >= 11 is 0. The molecule has 0 bridgehead atoms. The minimum Gasteiger partial charge on any atom is -0.340 e. The Morgan fingerprint density at radius 3 is 2.35 bits per heavy atom. The molecule has 2 fully saturated rings. The monoisotopic (exact) mass is 280 g/mol. The minimum atomic E-state index is -0.592. The smallest absolute Gasteiger partial charge is 0.248 e. The topological polar surface area (TPSA) is 49.4 Å². The fraction of sp³-hybridized carbons (Fsp3) is 0.875. The molecule has 0 aromatic heterocycles. The predicted octanol–water partition coefficient (Wildman–Crippen LogP) is 2.33. The number of piperazine rings is 1. The number of carbonyl (C=O) groups is 2. The standard InChI is InChI=1S/C16H28N2O2/c1-12(15(2,3)4)10-18-11-13(19)17-16(14(18)20)8-6-5-7-9-16/h12H,5-11H2,1-4H3,(H,17,19). The Balaban J connectivity index is 2.13. The van der Waals surface area contributed by atoms with Crippen LogP contribution in [0, 0.1) is 11.3 Å². The van der Waals surface area contributed by atoms with Crippen molar-refractivity contribution < 1.29 is 9.59 Å². The lowest BCUT2D eigenvalue weighted by Gasteiger charge is -2.45. The predicted molar refractivity (Wildman–Crippen MR) is 79.2 cm³/mol. The fourth-order valence-corrected chi connectivity index (χ4v) is 3.15. The van der Waals surface area contributed by atoms with Crippen LogP contribution in [0.15, 0.2) is 0 Å². The first-order chi connectivity index (χ1) is 9.24. The van der Waals surface area contributed by atoms with Crippen molar-refractivity contribution in [3.63, 3.8) is 0 Å². The first kappa shape index (κ1) is 15.3. The van der Waals surface area contributed by atoms with Gasteiger partial charge in [0.2, 0.25) is 11.8 Å². The number of hydrogen-bond acceptors (Lipinski definition) is 2. The second-order valence-electron chi connectivity index (χ2n) is 7.64. The zero-order valence-corrected chi connectivity index (χ0v) is 13.3. The van der Waals surface area contributed by atoms with E-state index in [0.717, 1.165) is 25.7 Å². The van der Waals surface area contributed by atoms with Crippen LogP contribution < -0.4 is 5.32 Å². The minimum absolute atomic E-state index is 0.00705. The van der Waals surface area contributed by atoms with Crippen LogP contribution in [0.25, 0.3) is 0 Å². The van der Waals surface area contributed by atoms with Crippen LogP contribution in [0.3, 0.4) is 0 Å². The molecule has 1 N–H and O–H groups in total. The van der Waals surface area contributed by atoms with Gasteiger partial charge in [0, 0.05) is 6.54 Å². The molecule has 20 heavy (non-hydrogen) atoms. The van der Waals surface area contributed by atoms with Gasteiger partial charge >= 0.3 is 0 Å². The molecule has 1 aliphatic heterocycles. The molecule has 1 saturated carbocycles. The Bertz CT molecular complexity index is 392. The zero-order chi connectivity index (χ0) is 15.0. The Morgan fingerprint density at radius 1 is 1.20 bits per heavy atom. The summed E-state index contributed by atoms with van der Waals surface area (Å²) in [6.45, 7) is 9.61. The second-order valence-corrected chi connectivity index (χ2v) is 7.64. The molecule has 1 unspecified atom stereocenters. The second kappa shape index (κ2) is 5.38. The summed E-state index contributed by atoms with van der Waals surface area (Å²) in [7, 11) is 0. The molecule has 0 aromatic rings. The average Bonchev–Trinajstić information content (AvgIpc) is 2.35. The lowest BCUT2D eigenvalue weighted by Crippen LogP contribution is -2.67. The summed E-state index contributed by atoms with van der Waals surface area (Å²) in [6, 6.07) is 0. The Hall–Kier alpha value is -1.06.